The molecule has 4 rings (SSSR count). The lowest BCUT2D eigenvalue weighted by Crippen LogP contribution is -2.41. The van der Waals surface area contributed by atoms with E-state index in [1.165, 1.54) is 0 Å². The van der Waals surface area contributed by atoms with Gasteiger partial charge in [0.15, 0.2) is 0 Å². The van der Waals surface area contributed by atoms with Crippen molar-refractivity contribution in [1.82, 2.24) is 26.1 Å². The van der Waals surface area contributed by atoms with Crippen molar-refractivity contribution in [3.05, 3.63) is 77.1 Å². The second kappa shape index (κ2) is 10.4. The Kier molecular flexibility index (Phi) is 7.16. The van der Waals surface area contributed by atoms with Gasteiger partial charge in [-0.05, 0) is 56.5 Å². The Morgan fingerprint density at radius 2 is 1.94 bits per heavy atom. The summed E-state index contributed by atoms with van der Waals surface area (Å²) in [6.07, 6.45) is 3.26. The first-order chi connectivity index (χ1) is 16.1. The van der Waals surface area contributed by atoms with Gasteiger partial charge < -0.3 is 4.74 Å². The third-order valence-electron chi connectivity index (χ3n) is 5.69. The van der Waals surface area contributed by atoms with Crippen molar-refractivity contribution in [2.45, 2.75) is 45.7 Å². The van der Waals surface area contributed by atoms with Gasteiger partial charge in [0, 0.05) is 11.6 Å². The number of aromatic nitrogens is 2. The first-order valence-electron chi connectivity index (χ1n) is 11.2. The summed E-state index contributed by atoms with van der Waals surface area (Å²) in [6.45, 7) is 6.71. The molecule has 0 bridgehead atoms. The average Bonchev–Trinajstić information content (AvgIpc) is 3.44. The highest BCUT2D eigenvalue weighted by atomic mass is 16.5. The Balaban J connectivity index is 1.34. The highest BCUT2D eigenvalue weighted by molar-refractivity contribution is 5.86. The van der Waals surface area contributed by atoms with Crippen molar-refractivity contribution in [3.63, 3.8) is 0 Å². The third-order valence-corrected chi connectivity index (χ3v) is 5.69. The zero-order valence-electron chi connectivity index (χ0n) is 19.2. The third kappa shape index (κ3) is 5.30. The number of para-hydroxylation sites is 1. The summed E-state index contributed by atoms with van der Waals surface area (Å²) in [5, 5.41) is 8.79. The lowest BCUT2D eigenvalue weighted by atomic mass is 10.0. The minimum Gasteiger partial charge on any atom is -0.494 e. The van der Waals surface area contributed by atoms with Crippen LogP contribution in [-0.2, 0) is 4.79 Å². The predicted molar refractivity (Wildman–Crippen MR) is 128 cm³/mol. The Morgan fingerprint density at radius 1 is 1.18 bits per heavy atom. The number of nitrogens with zero attached hydrogens (tertiary/aromatic N) is 3. The van der Waals surface area contributed by atoms with Crippen molar-refractivity contribution in [1.29, 1.82) is 0 Å². The zero-order valence-corrected chi connectivity index (χ0v) is 19.2. The molecule has 1 aromatic heterocycles. The lowest BCUT2D eigenvalue weighted by molar-refractivity contribution is -0.122. The van der Waals surface area contributed by atoms with E-state index in [2.05, 4.69) is 33.4 Å². The van der Waals surface area contributed by atoms with E-state index in [4.69, 9.17) is 4.74 Å². The van der Waals surface area contributed by atoms with E-state index in [1.807, 2.05) is 73.1 Å². The van der Waals surface area contributed by atoms with Crippen molar-refractivity contribution in [3.8, 4) is 11.4 Å². The fourth-order valence-corrected chi connectivity index (χ4v) is 3.86. The van der Waals surface area contributed by atoms with Crippen molar-refractivity contribution in [2.75, 3.05) is 6.61 Å². The van der Waals surface area contributed by atoms with Crippen LogP contribution in [0.3, 0.4) is 0 Å². The van der Waals surface area contributed by atoms with Gasteiger partial charge in [-0.25, -0.2) is 21.0 Å². The molecular formula is C25H30N6O2. The van der Waals surface area contributed by atoms with Crippen LogP contribution in [0.5, 0.6) is 5.75 Å². The van der Waals surface area contributed by atoms with Gasteiger partial charge in [-0.2, -0.15) is 10.2 Å². The van der Waals surface area contributed by atoms with Gasteiger partial charge >= 0.3 is 0 Å². The van der Waals surface area contributed by atoms with Crippen molar-refractivity contribution in [2.24, 2.45) is 5.10 Å². The maximum atomic E-state index is 12.6. The maximum absolute atomic E-state index is 12.6. The standard InChI is InChI=1S/C25H30N6O2/c1-4-14-33-21-12-10-19(11-13-21)23-15-24(28-27-23)25(32)29-26-16-22-17(2)30-31(18(22)3)20-8-6-5-7-9-20/h5-13,16,23-24,27-28H,4,14-15H2,1-3H3,(H,29,32)/b26-16+. The van der Waals surface area contributed by atoms with Gasteiger partial charge in [-0.15, -0.1) is 0 Å². The van der Waals surface area contributed by atoms with Crippen molar-refractivity contribution >= 4 is 12.1 Å². The summed E-state index contributed by atoms with van der Waals surface area (Å²) in [5.74, 6) is 0.672. The van der Waals surface area contributed by atoms with Crippen LogP contribution in [0.15, 0.2) is 59.7 Å². The highest BCUT2D eigenvalue weighted by Gasteiger charge is 2.30. The Labute approximate surface area is 194 Å². The maximum Gasteiger partial charge on any atom is 0.258 e. The molecule has 8 nitrogen and oxygen atoms in total. The lowest BCUT2D eigenvalue weighted by Gasteiger charge is -2.11. The SMILES string of the molecule is CCCOc1ccc(C2CC(C(=O)N/N=C/c3c(C)nn(-c4ccccc4)c3C)NN2)cc1. The van der Waals surface area contributed by atoms with Crippen LogP contribution in [0.4, 0.5) is 0 Å². The molecule has 33 heavy (non-hydrogen) atoms. The number of ether oxygens (including phenoxy) is 1. The first-order valence-corrected chi connectivity index (χ1v) is 11.2. The number of hydrogen-bond acceptors (Lipinski definition) is 6. The molecule has 0 spiro atoms. The van der Waals surface area contributed by atoms with Crippen LogP contribution in [0.25, 0.3) is 5.69 Å². The van der Waals surface area contributed by atoms with Crippen LogP contribution >= 0.6 is 0 Å². The number of hydrogen-bond donors (Lipinski definition) is 3. The topological polar surface area (TPSA) is 92.6 Å². The van der Waals surface area contributed by atoms with Gasteiger partial charge in [0.05, 0.1) is 29.9 Å². The van der Waals surface area contributed by atoms with E-state index >= 15 is 0 Å². The van der Waals surface area contributed by atoms with E-state index in [0.717, 1.165) is 40.4 Å². The molecule has 2 heterocycles. The summed E-state index contributed by atoms with van der Waals surface area (Å²) in [5.41, 5.74) is 13.7. The van der Waals surface area contributed by atoms with Crippen LogP contribution in [-0.4, -0.2) is 34.6 Å². The van der Waals surface area contributed by atoms with E-state index in [0.29, 0.717) is 13.0 Å². The van der Waals surface area contributed by atoms with E-state index in [1.54, 1.807) is 6.21 Å². The number of amides is 1. The van der Waals surface area contributed by atoms with Gasteiger partial charge in [0.1, 0.15) is 11.8 Å². The number of benzene rings is 2. The quantitative estimate of drug-likeness (QED) is 0.365. The van der Waals surface area contributed by atoms with E-state index in [-0.39, 0.29) is 18.0 Å². The molecule has 1 saturated heterocycles. The predicted octanol–water partition coefficient (Wildman–Crippen LogP) is 3.34. The van der Waals surface area contributed by atoms with Crippen LogP contribution in [0, 0.1) is 13.8 Å². The summed E-state index contributed by atoms with van der Waals surface area (Å²) in [7, 11) is 0. The molecule has 0 radical (unpaired) electrons. The normalized spacial score (nSPS) is 18.0. The van der Waals surface area contributed by atoms with Crippen LogP contribution in [0.2, 0.25) is 0 Å². The molecule has 1 aliphatic rings. The number of hydrazine groups is 1. The highest BCUT2D eigenvalue weighted by Crippen LogP contribution is 2.24. The number of hydrazone groups is 1. The number of nitrogens with one attached hydrogen (secondary N) is 3. The Hall–Kier alpha value is -3.49. The molecule has 2 atom stereocenters. The average molecular weight is 447 g/mol. The molecule has 3 aromatic rings. The second-order valence-electron chi connectivity index (χ2n) is 8.11. The molecule has 2 unspecified atom stereocenters. The molecular weight excluding hydrogens is 416 g/mol. The molecule has 2 aromatic carbocycles. The molecule has 1 aliphatic heterocycles. The van der Waals surface area contributed by atoms with Gasteiger partial charge in [0.2, 0.25) is 0 Å². The number of rotatable bonds is 8. The van der Waals surface area contributed by atoms with E-state index in [9.17, 15) is 4.79 Å². The largest absolute Gasteiger partial charge is 0.494 e. The molecule has 0 saturated carbocycles. The molecule has 172 valence electrons. The molecule has 0 aliphatic carbocycles. The van der Waals surface area contributed by atoms with Crippen LogP contribution < -0.4 is 21.0 Å². The number of aryl methyl sites for hydroxylation is 1. The molecule has 1 fully saturated rings. The van der Waals surface area contributed by atoms with Crippen LogP contribution in [0.1, 0.15) is 48.3 Å². The summed E-state index contributed by atoms with van der Waals surface area (Å²) >= 11 is 0. The fourth-order valence-electron chi connectivity index (χ4n) is 3.86. The van der Waals surface area contributed by atoms with Gasteiger partial charge in [-0.1, -0.05) is 37.3 Å². The Bertz CT molecular complexity index is 1110. The minimum atomic E-state index is -0.377. The minimum absolute atomic E-state index is 0.0403. The number of carbonyl (C=O) groups excluding carboxylic acids is 1. The Morgan fingerprint density at radius 3 is 2.67 bits per heavy atom. The van der Waals surface area contributed by atoms with Gasteiger partial charge in [-0.3, -0.25) is 4.79 Å². The van der Waals surface area contributed by atoms with Crippen molar-refractivity contribution < 1.29 is 9.53 Å². The van der Waals surface area contributed by atoms with Gasteiger partial charge in [0.25, 0.3) is 5.91 Å². The molecule has 1 amide bonds. The smallest absolute Gasteiger partial charge is 0.258 e. The van der Waals surface area contributed by atoms with E-state index < -0.39 is 0 Å². The number of carbonyl (C=O) groups is 1. The molecule has 3 N–H and O–H groups in total. The summed E-state index contributed by atoms with van der Waals surface area (Å²) in [6, 6.07) is 17.6. The zero-order chi connectivity index (χ0) is 23.2. The fraction of sp³-hybridized carbons (Fsp3) is 0.320. The molecule has 8 heteroatoms. The first kappa shape index (κ1) is 22.7. The monoisotopic (exact) mass is 446 g/mol. The summed E-state index contributed by atoms with van der Waals surface area (Å²) < 4.78 is 7.51. The summed E-state index contributed by atoms with van der Waals surface area (Å²) in [4.78, 5) is 12.6. The second-order valence-corrected chi connectivity index (χ2v) is 8.11.